The van der Waals surface area contributed by atoms with Crippen LogP contribution in [-0.2, 0) is 0 Å². The van der Waals surface area contributed by atoms with Crippen molar-refractivity contribution in [3.8, 4) is 0 Å². The van der Waals surface area contributed by atoms with E-state index >= 15 is 0 Å². The molecule has 2 amide bonds. The van der Waals surface area contributed by atoms with E-state index in [0.29, 0.717) is 11.7 Å². The summed E-state index contributed by atoms with van der Waals surface area (Å²) in [5, 5.41) is 5.95. The number of urea groups is 1. The van der Waals surface area contributed by atoms with E-state index in [0.717, 1.165) is 21.3 Å². The van der Waals surface area contributed by atoms with Crippen LogP contribution in [0.5, 0.6) is 0 Å². The smallest absolute Gasteiger partial charge is 0.321 e. The molecule has 0 unspecified atom stereocenters. The number of hydrogen-bond acceptors (Lipinski definition) is 3. The highest BCUT2D eigenvalue weighted by atomic mass is 32.1. The minimum atomic E-state index is -0.256. The third-order valence-electron chi connectivity index (χ3n) is 3.31. The Kier molecular flexibility index (Phi) is 4.86. The summed E-state index contributed by atoms with van der Waals surface area (Å²) in [6.45, 7) is 2.42. The third kappa shape index (κ3) is 3.97. The van der Waals surface area contributed by atoms with Gasteiger partial charge in [0.2, 0.25) is 0 Å². The van der Waals surface area contributed by atoms with E-state index in [1.54, 1.807) is 12.1 Å². The lowest BCUT2D eigenvalue weighted by atomic mass is 10.1. The quantitative estimate of drug-likeness (QED) is 0.673. The van der Waals surface area contributed by atoms with E-state index in [2.05, 4.69) is 15.6 Å². The fourth-order valence-corrected chi connectivity index (χ4v) is 3.08. The number of fused-ring (bicyclic) bond motifs is 1. The first-order valence-corrected chi connectivity index (χ1v) is 8.35. The van der Waals surface area contributed by atoms with E-state index in [1.807, 2.05) is 37.3 Å². The second-order valence-electron chi connectivity index (χ2n) is 5.12. The number of rotatable bonds is 4. The fraction of sp³-hybridized carbons (Fsp3) is 0.111. The first-order valence-electron chi connectivity index (χ1n) is 7.53. The van der Waals surface area contributed by atoms with E-state index < -0.39 is 0 Å². The normalized spacial score (nSPS) is 11.1. The van der Waals surface area contributed by atoms with Crippen molar-refractivity contribution in [1.82, 2.24) is 10.3 Å². The number of benzene rings is 2. The zero-order valence-electron chi connectivity index (χ0n) is 13.0. The van der Waals surface area contributed by atoms with Gasteiger partial charge in [-0.25, -0.2) is 14.2 Å². The van der Waals surface area contributed by atoms with Gasteiger partial charge in [-0.05, 0) is 42.3 Å². The van der Waals surface area contributed by atoms with Gasteiger partial charge in [-0.3, -0.25) is 5.32 Å². The van der Waals surface area contributed by atoms with Gasteiger partial charge in [0.15, 0.2) is 5.13 Å². The Morgan fingerprint density at radius 2 is 1.88 bits per heavy atom. The summed E-state index contributed by atoms with van der Waals surface area (Å²) in [4.78, 5) is 15.9. The maximum absolute atomic E-state index is 12.9. The van der Waals surface area contributed by atoms with Crippen LogP contribution in [0.1, 0.15) is 18.1 Å². The Morgan fingerprint density at radius 1 is 1.17 bits per heavy atom. The van der Waals surface area contributed by atoms with Crippen LogP contribution in [0.3, 0.4) is 0 Å². The molecule has 0 aliphatic carbocycles. The van der Waals surface area contributed by atoms with Crippen LogP contribution >= 0.6 is 11.3 Å². The highest BCUT2D eigenvalue weighted by molar-refractivity contribution is 7.22. The summed E-state index contributed by atoms with van der Waals surface area (Å²) in [5.41, 5.74) is 2.78. The Morgan fingerprint density at radius 3 is 2.62 bits per heavy atom. The SMILES string of the molecule is CCNC(=O)Nc1nc2ccc(/C=C/c3ccc(F)cc3)cc2s1. The lowest BCUT2D eigenvalue weighted by Gasteiger charge is -2.00. The molecule has 1 heterocycles. The minimum Gasteiger partial charge on any atom is -0.338 e. The van der Waals surface area contributed by atoms with Gasteiger partial charge in [0, 0.05) is 6.54 Å². The maximum atomic E-state index is 12.9. The number of nitrogens with zero attached hydrogens (tertiary/aromatic N) is 1. The van der Waals surface area contributed by atoms with Gasteiger partial charge in [-0.1, -0.05) is 41.7 Å². The monoisotopic (exact) mass is 341 g/mol. The first-order chi connectivity index (χ1) is 11.6. The zero-order valence-corrected chi connectivity index (χ0v) is 13.9. The molecule has 0 atom stereocenters. The second-order valence-corrected chi connectivity index (χ2v) is 6.15. The Labute approximate surface area is 143 Å². The van der Waals surface area contributed by atoms with E-state index in [9.17, 15) is 9.18 Å². The van der Waals surface area contributed by atoms with Crippen LogP contribution in [0.4, 0.5) is 14.3 Å². The molecule has 0 spiro atoms. The molecule has 6 heteroatoms. The number of anilines is 1. The van der Waals surface area contributed by atoms with Crippen LogP contribution in [0.15, 0.2) is 42.5 Å². The summed E-state index contributed by atoms with van der Waals surface area (Å²) in [6, 6.07) is 12.0. The number of amides is 2. The lowest BCUT2D eigenvalue weighted by molar-refractivity contribution is 0.252. The number of carbonyl (C=O) groups is 1. The van der Waals surface area contributed by atoms with Gasteiger partial charge in [0.25, 0.3) is 0 Å². The number of hydrogen-bond donors (Lipinski definition) is 2. The van der Waals surface area contributed by atoms with Gasteiger partial charge < -0.3 is 5.32 Å². The lowest BCUT2D eigenvalue weighted by Crippen LogP contribution is -2.28. The van der Waals surface area contributed by atoms with Gasteiger partial charge in [-0.15, -0.1) is 0 Å². The molecule has 24 heavy (non-hydrogen) atoms. The molecule has 2 N–H and O–H groups in total. The average molecular weight is 341 g/mol. The molecule has 4 nitrogen and oxygen atoms in total. The van der Waals surface area contributed by atoms with Crippen molar-refractivity contribution in [3.63, 3.8) is 0 Å². The summed E-state index contributed by atoms with van der Waals surface area (Å²) in [5.74, 6) is -0.245. The highest BCUT2D eigenvalue weighted by Crippen LogP contribution is 2.27. The predicted octanol–water partition coefficient (Wildman–Crippen LogP) is 4.75. The molecule has 2 aromatic carbocycles. The molecular weight excluding hydrogens is 325 g/mol. The van der Waals surface area contributed by atoms with E-state index in [-0.39, 0.29) is 11.8 Å². The van der Waals surface area contributed by atoms with E-state index in [1.165, 1.54) is 23.5 Å². The predicted molar refractivity (Wildman–Crippen MR) is 97.6 cm³/mol. The zero-order chi connectivity index (χ0) is 16.9. The Bertz CT molecular complexity index is 887. The number of halogens is 1. The second kappa shape index (κ2) is 7.23. The van der Waals surface area contributed by atoms with Crippen molar-refractivity contribution in [3.05, 3.63) is 59.4 Å². The van der Waals surface area contributed by atoms with Gasteiger partial charge in [0.1, 0.15) is 5.82 Å². The molecule has 3 rings (SSSR count). The van der Waals surface area contributed by atoms with Crippen molar-refractivity contribution in [2.24, 2.45) is 0 Å². The van der Waals surface area contributed by atoms with Crippen molar-refractivity contribution >= 4 is 44.9 Å². The van der Waals surface area contributed by atoms with Crippen molar-refractivity contribution in [2.45, 2.75) is 6.92 Å². The molecule has 0 saturated heterocycles. The number of nitrogens with one attached hydrogen (secondary N) is 2. The van der Waals surface area contributed by atoms with Crippen molar-refractivity contribution in [2.75, 3.05) is 11.9 Å². The summed E-state index contributed by atoms with van der Waals surface area (Å²) in [7, 11) is 0. The summed E-state index contributed by atoms with van der Waals surface area (Å²) < 4.78 is 13.9. The summed E-state index contributed by atoms with van der Waals surface area (Å²) in [6.07, 6.45) is 3.89. The number of thiazole rings is 1. The van der Waals surface area contributed by atoms with Gasteiger partial charge >= 0.3 is 6.03 Å². The molecular formula is C18H16FN3OS. The molecule has 0 radical (unpaired) electrons. The first kappa shape index (κ1) is 16.1. The van der Waals surface area contributed by atoms with E-state index in [4.69, 9.17) is 0 Å². The minimum absolute atomic E-state index is 0.245. The van der Waals surface area contributed by atoms with Gasteiger partial charge in [0.05, 0.1) is 10.2 Å². The van der Waals surface area contributed by atoms with Gasteiger partial charge in [-0.2, -0.15) is 0 Å². The topological polar surface area (TPSA) is 54.0 Å². The molecule has 0 aliphatic rings. The molecule has 122 valence electrons. The number of aromatic nitrogens is 1. The maximum Gasteiger partial charge on any atom is 0.321 e. The molecule has 0 fully saturated rings. The molecule has 0 aliphatic heterocycles. The largest absolute Gasteiger partial charge is 0.338 e. The van der Waals surface area contributed by atoms with Crippen molar-refractivity contribution in [1.29, 1.82) is 0 Å². The van der Waals surface area contributed by atoms with Crippen LogP contribution in [-0.4, -0.2) is 17.6 Å². The third-order valence-corrected chi connectivity index (χ3v) is 4.24. The highest BCUT2D eigenvalue weighted by Gasteiger charge is 2.07. The van der Waals surface area contributed by atoms with Crippen LogP contribution < -0.4 is 10.6 Å². The standard InChI is InChI=1S/C18H16FN3OS/c1-2-20-17(23)22-18-21-15-10-7-13(11-16(15)24-18)4-3-12-5-8-14(19)9-6-12/h3-11H,2H2,1H3,(H2,20,21,22,23)/b4-3+. The van der Waals surface area contributed by atoms with Crippen molar-refractivity contribution < 1.29 is 9.18 Å². The van der Waals surface area contributed by atoms with Crippen LogP contribution in [0.25, 0.3) is 22.4 Å². The Hall–Kier alpha value is -2.73. The Balaban J connectivity index is 1.78. The van der Waals surface area contributed by atoms with Crippen LogP contribution in [0.2, 0.25) is 0 Å². The fourth-order valence-electron chi connectivity index (χ4n) is 2.17. The summed E-state index contributed by atoms with van der Waals surface area (Å²) >= 11 is 1.42. The number of carbonyl (C=O) groups excluding carboxylic acids is 1. The molecule has 3 aromatic rings. The molecule has 0 saturated carbocycles. The van der Waals surface area contributed by atoms with Crippen LogP contribution in [0, 0.1) is 5.82 Å². The molecule has 1 aromatic heterocycles. The average Bonchev–Trinajstić information content (AvgIpc) is 2.95. The molecule has 0 bridgehead atoms.